The van der Waals surface area contributed by atoms with E-state index in [-0.39, 0.29) is 5.91 Å². The molecule has 6 nitrogen and oxygen atoms in total. The largest absolute Gasteiger partial charge is 0.482 e. The zero-order valence-electron chi connectivity index (χ0n) is 10.6. The molecule has 0 aliphatic carbocycles. The van der Waals surface area contributed by atoms with E-state index in [1.807, 2.05) is 6.92 Å². The highest BCUT2D eigenvalue weighted by Gasteiger charge is 2.09. The maximum atomic E-state index is 11.9. The van der Waals surface area contributed by atoms with Gasteiger partial charge in [0.1, 0.15) is 11.4 Å². The lowest BCUT2D eigenvalue weighted by atomic mass is 10.3. The standard InChI is InChI=1S/C13H12N2O4S/c1-8-14-11(7-20-8)13(18)15-9-2-4-10(5-3-9)19-6-12(16)17/h2-5,7H,6H2,1H3,(H,15,18)(H,16,17). The molecule has 2 N–H and O–H groups in total. The van der Waals surface area contributed by atoms with Crippen molar-refractivity contribution in [3.8, 4) is 5.75 Å². The Morgan fingerprint density at radius 1 is 1.35 bits per heavy atom. The molecule has 2 aromatic rings. The molecule has 1 aromatic heterocycles. The zero-order valence-corrected chi connectivity index (χ0v) is 11.4. The molecule has 20 heavy (non-hydrogen) atoms. The average Bonchev–Trinajstić information content (AvgIpc) is 2.85. The van der Waals surface area contributed by atoms with Gasteiger partial charge >= 0.3 is 5.97 Å². The Morgan fingerprint density at radius 3 is 2.60 bits per heavy atom. The summed E-state index contributed by atoms with van der Waals surface area (Å²) >= 11 is 1.41. The highest BCUT2D eigenvalue weighted by molar-refractivity contribution is 7.09. The molecule has 0 spiro atoms. The highest BCUT2D eigenvalue weighted by atomic mass is 32.1. The first-order valence-electron chi connectivity index (χ1n) is 5.73. The molecule has 0 unspecified atom stereocenters. The summed E-state index contributed by atoms with van der Waals surface area (Å²) in [5, 5.41) is 13.7. The zero-order chi connectivity index (χ0) is 14.5. The number of anilines is 1. The van der Waals surface area contributed by atoms with E-state index in [0.29, 0.717) is 17.1 Å². The number of hydrogen-bond donors (Lipinski definition) is 2. The molecule has 0 atom stereocenters. The molecule has 0 saturated heterocycles. The lowest BCUT2D eigenvalue weighted by Crippen LogP contribution is -2.12. The molecule has 0 saturated carbocycles. The molecule has 1 amide bonds. The molecule has 0 radical (unpaired) electrons. The van der Waals surface area contributed by atoms with Gasteiger partial charge in [-0.3, -0.25) is 4.79 Å². The van der Waals surface area contributed by atoms with Crippen LogP contribution < -0.4 is 10.1 Å². The Bertz CT molecular complexity index is 622. The van der Waals surface area contributed by atoms with Gasteiger partial charge in [-0.1, -0.05) is 0 Å². The summed E-state index contributed by atoms with van der Waals surface area (Å²) in [6, 6.07) is 6.44. The molecule has 1 aromatic carbocycles. The monoisotopic (exact) mass is 292 g/mol. The van der Waals surface area contributed by atoms with Gasteiger partial charge in [0.05, 0.1) is 5.01 Å². The van der Waals surface area contributed by atoms with Crippen molar-refractivity contribution in [3.05, 3.63) is 40.3 Å². The predicted octanol–water partition coefficient (Wildman–Crippen LogP) is 2.17. The van der Waals surface area contributed by atoms with E-state index in [1.165, 1.54) is 11.3 Å². The molecule has 0 fully saturated rings. The number of carboxylic acid groups (broad SMARTS) is 1. The molecule has 0 aliphatic rings. The van der Waals surface area contributed by atoms with Crippen LogP contribution in [0.3, 0.4) is 0 Å². The minimum Gasteiger partial charge on any atom is -0.482 e. The van der Waals surface area contributed by atoms with E-state index < -0.39 is 12.6 Å². The van der Waals surface area contributed by atoms with Crippen molar-refractivity contribution in [2.24, 2.45) is 0 Å². The number of aliphatic carboxylic acids is 1. The number of rotatable bonds is 5. The van der Waals surface area contributed by atoms with Crippen LogP contribution in [0.4, 0.5) is 5.69 Å². The summed E-state index contributed by atoms with van der Waals surface area (Å²) in [6.07, 6.45) is 0. The minimum atomic E-state index is -1.04. The van der Waals surface area contributed by atoms with Gasteiger partial charge in [-0.25, -0.2) is 9.78 Å². The number of thiazole rings is 1. The normalized spacial score (nSPS) is 10.1. The van der Waals surface area contributed by atoms with Gasteiger partial charge in [-0.2, -0.15) is 0 Å². The van der Waals surface area contributed by atoms with Gasteiger partial charge < -0.3 is 15.2 Å². The fourth-order valence-corrected chi connectivity index (χ4v) is 2.04. The Kier molecular flexibility index (Phi) is 4.31. The Hall–Kier alpha value is -2.41. The van der Waals surface area contributed by atoms with Gasteiger partial charge in [-0.15, -0.1) is 11.3 Å². The van der Waals surface area contributed by atoms with Gasteiger partial charge in [0, 0.05) is 11.1 Å². The van der Waals surface area contributed by atoms with Crippen molar-refractivity contribution in [1.29, 1.82) is 0 Å². The van der Waals surface area contributed by atoms with E-state index in [9.17, 15) is 9.59 Å². The van der Waals surface area contributed by atoms with E-state index in [4.69, 9.17) is 9.84 Å². The minimum absolute atomic E-state index is 0.284. The van der Waals surface area contributed by atoms with E-state index in [0.717, 1.165) is 5.01 Å². The maximum absolute atomic E-state index is 11.9. The first-order valence-corrected chi connectivity index (χ1v) is 6.60. The molecule has 104 valence electrons. The van der Waals surface area contributed by atoms with Crippen LogP contribution in [0.15, 0.2) is 29.6 Å². The number of hydrogen-bond acceptors (Lipinski definition) is 5. The molecule has 2 rings (SSSR count). The van der Waals surface area contributed by atoms with Crippen molar-refractivity contribution < 1.29 is 19.4 Å². The lowest BCUT2D eigenvalue weighted by Gasteiger charge is -2.06. The smallest absolute Gasteiger partial charge is 0.341 e. The van der Waals surface area contributed by atoms with Crippen LogP contribution in [0, 0.1) is 6.92 Å². The summed E-state index contributed by atoms with van der Waals surface area (Å²) in [5.74, 6) is -0.898. The third-order valence-corrected chi connectivity index (χ3v) is 3.10. The van der Waals surface area contributed by atoms with Gasteiger partial charge in [0.25, 0.3) is 5.91 Å². The fourth-order valence-electron chi connectivity index (χ4n) is 1.44. The van der Waals surface area contributed by atoms with Gasteiger partial charge in [0.2, 0.25) is 0 Å². The van der Waals surface area contributed by atoms with Crippen LogP contribution in [0.2, 0.25) is 0 Å². The average molecular weight is 292 g/mol. The molecule has 0 bridgehead atoms. The third-order valence-electron chi connectivity index (χ3n) is 2.33. The Labute approximate surface area is 119 Å². The quantitative estimate of drug-likeness (QED) is 0.881. The number of aryl methyl sites for hydroxylation is 1. The number of aromatic nitrogens is 1. The molecule has 1 heterocycles. The van der Waals surface area contributed by atoms with E-state index in [2.05, 4.69) is 10.3 Å². The summed E-state index contributed by atoms with van der Waals surface area (Å²) in [5.41, 5.74) is 0.960. The van der Waals surface area contributed by atoms with Crippen molar-refractivity contribution in [1.82, 2.24) is 4.98 Å². The molecular formula is C13H12N2O4S. The van der Waals surface area contributed by atoms with Crippen LogP contribution >= 0.6 is 11.3 Å². The number of nitrogens with one attached hydrogen (secondary N) is 1. The topological polar surface area (TPSA) is 88.5 Å². The second kappa shape index (κ2) is 6.16. The van der Waals surface area contributed by atoms with Crippen molar-refractivity contribution in [3.63, 3.8) is 0 Å². The number of benzene rings is 1. The van der Waals surface area contributed by atoms with Crippen molar-refractivity contribution in [2.45, 2.75) is 6.92 Å². The summed E-state index contributed by atoms with van der Waals surface area (Å²) in [6.45, 7) is 1.43. The van der Waals surface area contributed by atoms with Crippen molar-refractivity contribution in [2.75, 3.05) is 11.9 Å². The second-order valence-corrected chi connectivity index (χ2v) is 4.97. The summed E-state index contributed by atoms with van der Waals surface area (Å²) < 4.78 is 4.99. The number of carbonyl (C=O) groups is 2. The van der Waals surface area contributed by atoms with Gasteiger partial charge in [0.15, 0.2) is 6.61 Å². The molecule has 0 aliphatic heterocycles. The number of ether oxygens (including phenoxy) is 1. The first-order chi connectivity index (χ1) is 9.54. The number of nitrogens with zero attached hydrogens (tertiary/aromatic N) is 1. The van der Waals surface area contributed by atoms with Crippen molar-refractivity contribution >= 4 is 28.9 Å². The van der Waals surface area contributed by atoms with Crippen LogP contribution in [0.5, 0.6) is 5.75 Å². The number of carboxylic acids is 1. The highest BCUT2D eigenvalue weighted by Crippen LogP contribution is 2.17. The van der Waals surface area contributed by atoms with Crippen LogP contribution in [-0.2, 0) is 4.79 Å². The first kappa shape index (κ1) is 14.0. The molecular weight excluding hydrogens is 280 g/mol. The Morgan fingerprint density at radius 2 is 2.05 bits per heavy atom. The van der Waals surface area contributed by atoms with Crippen LogP contribution in [-0.4, -0.2) is 28.6 Å². The Balaban J connectivity index is 1.96. The third kappa shape index (κ3) is 3.79. The fraction of sp³-hybridized carbons (Fsp3) is 0.154. The van der Waals surface area contributed by atoms with Crippen LogP contribution in [0.1, 0.15) is 15.5 Å². The van der Waals surface area contributed by atoms with Gasteiger partial charge in [-0.05, 0) is 31.2 Å². The van der Waals surface area contributed by atoms with E-state index >= 15 is 0 Å². The number of amides is 1. The number of carbonyl (C=O) groups excluding carboxylic acids is 1. The summed E-state index contributed by atoms with van der Waals surface area (Å²) in [7, 11) is 0. The lowest BCUT2D eigenvalue weighted by molar-refractivity contribution is -0.139. The van der Waals surface area contributed by atoms with Crippen LogP contribution in [0.25, 0.3) is 0 Å². The van der Waals surface area contributed by atoms with E-state index in [1.54, 1.807) is 29.6 Å². The summed E-state index contributed by atoms with van der Waals surface area (Å²) in [4.78, 5) is 26.3. The maximum Gasteiger partial charge on any atom is 0.341 e. The molecule has 7 heteroatoms. The predicted molar refractivity (Wildman–Crippen MR) is 74.4 cm³/mol. The second-order valence-electron chi connectivity index (χ2n) is 3.91. The SMILES string of the molecule is Cc1nc(C(=O)Nc2ccc(OCC(=O)O)cc2)cs1.